The molecule has 0 fully saturated rings. The van der Waals surface area contributed by atoms with Gasteiger partial charge in [0, 0.05) is 43.3 Å². The molecule has 4 rings (SSSR count). The molecule has 4 aromatic rings. The zero-order chi connectivity index (χ0) is 21.8. The molecule has 0 atom stereocenters. The molecule has 8 heteroatoms. The largest absolute Gasteiger partial charge is 0.495 e. The molecule has 1 aromatic carbocycles. The molecular weight excluding hydrogens is 414 g/mol. The first-order chi connectivity index (χ1) is 15.1. The van der Waals surface area contributed by atoms with Crippen LogP contribution in [-0.2, 0) is 13.0 Å². The molecule has 0 amide bonds. The lowest BCUT2D eigenvalue weighted by atomic mass is 10.1. The average molecular weight is 432 g/mol. The van der Waals surface area contributed by atoms with E-state index in [1.807, 2.05) is 29.0 Å². The van der Waals surface area contributed by atoms with Gasteiger partial charge in [-0.1, -0.05) is 23.7 Å². The van der Waals surface area contributed by atoms with Crippen molar-refractivity contribution in [2.75, 3.05) is 7.11 Å². The van der Waals surface area contributed by atoms with E-state index >= 15 is 0 Å². The van der Waals surface area contributed by atoms with E-state index in [2.05, 4.69) is 16.0 Å². The minimum atomic E-state index is -0.195. The van der Waals surface area contributed by atoms with Crippen LogP contribution in [0.15, 0.2) is 72.2 Å². The summed E-state index contributed by atoms with van der Waals surface area (Å²) in [5.74, 6) is 1.06. The summed E-state index contributed by atoms with van der Waals surface area (Å²) in [7, 11) is 1.55. The number of nitrogens with zero attached hydrogens (tertiary/aromatic N) is 5. The van der Waals surface area contributed by atoms with Crippen molar-refractivity contribution < 1.29 is 4.74 Å². The second-order valence-corrected chi connectivity index (χ2v) is 7.35. The Balaban J connectivity index is 1.53. The van der Waals surface area contributed by atoms with Crippen molar-refractivity contribution in [3.63, 3.8) is 0 Å². The Bertz CT molecular complexity index is 1320. The molecule has 0 saturated carbocycles. The zero-order valence-electron chi connectivity index (χ0n) is 16.7. The third-order valence-electron chi connectivity index (χ3n) is 4.85. The van der Waals surface area contributed by atoms with Crippen LogP contribution in [0.4, 0.5) is 0 Å². The number of ether oxygens (including phenoxy) is 1. The summed E-state index contributed by atoms with van der Waals surface area (Å²) in [6.45, 7) is 0.581. The summed E-state index contributed by atoms with van der Waals surface area (Å²) in [6, 6.07) is 14.4. The Morgan fingerprint density at radius 2 is 1.97 bits per heavy atom. The van der Waals surface area contributed by atoms with Crippen LogP contribution in [0.2, 0.25) is 5.02 Å². The van der Waals surface area contributed by atoms with E-state index in [1.165, 1.54) is 10.6 Å². The van der Waals surface area contributed by atoms with Crippen molar-refractivity contribution in [2.24, 2.45) is 0 Å². The Labute approximate surface area is 183 Å². The Kier molecular flexibility index (Phi) is 5.83. The predicted octanol–water partition coefficient (Wildman–Crippen LogP) is 3.60. The van der Waals surface area contributed by atoms with Gasteiger partial charge < -0.3 is 9.30 Å². The number of aromatic nitrogens is 4. The number of halogens is 1. The summed E-state index contributed by atoms with van der Waals surface area (Å²) >= 11 is 5.99. The lowest BCUT2D eigenvalue weighted by Crippen LogP contribution is -2.17. The van der Waals surface area contributed by atoms with Crippen molar-refractivity contribution in [2.45, 2.75) is 13.0 Å². The third kappa shape index (κ3) is 4.49. The fraction of sp³-hybridized carbons (Fsp3) is 0.130. The number of rotatable bonds is 6. The quantitative estimate of drug-likeness (QED) is 0.465. The maximum absolute atomic E-state index is 12.0. The third-order valence-corrected chi connectivity index (χ3v) is 5.08. The number of hydrogen-bond donors (Lipinski definition) is 0. The Morgan fingerprint density at radius 1 is 1.13 bits per heavy atom. The van der Waals surface area contributed by atoms with Crippen LogP contribution in [0.3, 0.4) is 0 Å². The van der Waals surface area contributed by atoms with Crippen molar-refractivity contribution in [1.82, 2.24) is 19.1 Å². The first-order valence-electron chi connectivity index (χ1n) is 9.47. The highest BCUT2D eigenvalue weighted by molar-refractivity contribution is 6.30. The minimum Gasteiger partial charge on any atom is -0.495 e. The van der Waals surface area contributed by atoms with Crippen LogP contribution in [0.5, 0.6) is 5.75 Å². The summed E-state index contributed by atoms with van der Waals surface area (Å²) in [5.41, 5.74) is 3.26. The molecule has 0 spiro atoms. The molecule has 31 heavy (non-hydrogen) atoms. The molecule has 0 aliphatic heterocycles. The van der Waals surface area contributed by atoms with E-state index in [-0.39, 0.29) is 5.56 Å². The van der Waals surface area contributed by atoms with Gasteiger partial charge in [0.1, 0.15) is 17.6 Å². The Hall–Kier alpha value is -3.89. The molecule has 0 aliphatic rings. The number of benzene rings is 1. The number of imidazole rings is 1. The van der Waals surface area contributed by atoms with E-state index in [0.29, 0.717) is 35.1 Å². The van der Waals surface area contributed by atoms with Gasteiger partial charge in [-0.05, 0) is 35.4 Å². The second kappa shape index (κ2) is 8.86. The average Bonchev–Trinajstić information content (AvgIpc) is 3.22. The van der Waals surface area contributed by atoms with E-state index in [9.17, 15) is 10.1 Å². The lowest BCUT2D eigenvalue weighted by Gasteiger charge is -2.11. The van der Waals surface area contributed by atoms with Gasteiger partial charge >= 0.3 is 0 Å². The second-order valence-electron chi connectivity index (χ2n) is 6.92. The zero-order valence-corrected chi connectivity index (χ0v) is 17.5. The van der Waals surface area contributed by atoms with Gasteiger partial charge in [-0.25, -0.2) is 9.97 Å². The summed E-state index contributed by atoms with van der Waals surface area (Å²) in [4.78, 5) is 20.7. The molecular formula is C23H18ClN5O2. The van der Waals surface area contributed by atoms with Crippen molar-refractivity contribution in [3.8, 4) is 17.6 Å². The van der Waals surface area contributed by atoms with E-state index in [1.54, 1.807) is 44.0 Å². The normalized spacial score (nSPS) is 10.6. The van der Waals surface area contributed by atoms with Crippen LogP contribution < -0.4 is 10.3 Å². The van der Waals surface area contributed by atoms with Crippen LogP contribution in [0.25, 0.3) is 5.82 Å². The van der Waals surface area contributed by atoms with Gasteiger partial charge in [-0.3, -0.25) is 9.36 Å². The van der Waals surface area contributed by atoms with Gasteiger partial charge in [-0.15, -0.1) is 0 Å². The van der Waals surface area contributed by atoms with Crippen molar-refractivity contribution in [1.29, 1.82) is 5.26 Å². The molecule has 0 radical (unpaired) electrons. The van der Waals surface area contributed by atoms with E-state index in [0.717, 1.165) is 16.8 Å². The number of pyridine rings is 2. The molecule has 0 saturated heterocycles. The monoisotopic (exact) mass is 431 g/mol. The smallest absolute Gasteiger partial charge is 0.256 e. The summed E-state index contributed by atoms with van der Waals surface area (Å²) in [6.07, 6.45) is 7.48. The number of methoxy groups -OCH3 is 1. The summed E-state index contributed by atoms with van der Waals surface area (Å²) in [5, 5.41) is 9.77. The first kappa shape index (κ1) is 20.4. The highest BCUT2D eigenvalue weighted by atomic mass is 35.5. The number of nitriles is 1. The molecule has 0 aliphatic carbocycles. The maximum atomic E-state index is 12.0. The van der Waals surface area contributed by atoms with Gasteiger partial charge in [0.05, 0.1) is 24.0 Å². The van der Waals surface area contributed by atoms with Gasteiger partial charge in [0.15, 0.2) is 0 Å². The minimum absolute atomic E-state index is 0.195. The number of hydrogen-bond acceptors (Lipinski definition) is 5. The van der Waals surface area contributed by atoms with Crippen LogP contribution >= 0.6 is 11.6 Å². The van der Waals surface area contributed by atoms with Gasteiger partial charge in [0.25, 0.3) is 5.56 Å². The standard InChI is InChI=1S/C23H18ClN5O2/c1-31-21-5-2-17(8-18(21)10-25)13-28-15-26-12-20(28)9-16-3-6-22(27-11-16)29-14-19(24)4-7-23(29)30/h2-8,11-12,14-15H,9,13H2,1H3. The SMILES string of the molecule is COc1ccc(Cn2cncc2Cc2ccc(-n3cc(Cl)ccc3=O)nc2)cc1C#N. The molecule has 7 nitrogen and oxygen atoms in total. The molecule has 3 heterocycles. The fourth-order valence-corrected chi connectivity index (χ4v) is 3.45. The van der Waals surface area contributed by atoms with E-state index in [4.69, 9.17) is 16.3 Å². The van der Waals surface area contributed by atoms with Gasteiger partial charge in [0.2, 0.25) is 0 Å². The summed E-state index contributed by atoms with van der Waals surface area (Å²) < 4.78 is 8.64. The molecule has 0 bridgehead atoms. The van der Waals surface area contributed by atoms with Crippen LogP contribution in [-0.4, -0.2) is 26.2 Å². The molecule has 0 unspecified atom stereocenters. The van der Waals surface area contributed by atoms with Gasteiger partial charge in [-0.2, -0.15) is 5.26 Å². The van der Waals surface area contributed by atoms with Crippen LogP contribution in [0.1, 0.15) is 22.4 Å². The highest BCUT2D eigenvalue weighted by Gasteiger charge is 2.09. The first-order valence-corrected chi connectivity index (χ1v) is 9.84. The topological polar surface area (TPSA) is 85.7 Å². The molecule has 0 N–H and O–H groups in total. The fourth-order valence-electron chi connectivity index (χ4n) is 3.29. The van der Waals surface area contributed by atoms with Crippen molar-refractivity contribution >= 4 is 11.6 Å². The maximum Gasteiger partial charge on any atom is 0.256 e. The Morgan fingerprint density at radius 3 is 2.71 bits per heavy atom. The van der Waals surface area contributed by atoms with E-state index < -0.39 is 0 Å². The van der Waals surface area contributed by atoms with Crippen LogP contribution in [0, 0.1) is 11.3 Å². The highest BCUT2D eigenvalue weighted by Crippen LogP contribution is 2.20. The molecule has 154 valence electrons. The van der Waals surface area contributed by atoms with Crippen molar-refractivity contribution in [3.05, 3.63) is 105 Å². The lowest BCUT2D eigenvalue weighted by molar-refractivity contribution is 0.413. The molecule has 3 aromatic heterocycles. The predicted molar refractivity (Wildman–Crippen MR) is 117 cm³/mol.